The fraction of sp³-hybridized carbons (Fsp3) is 0.357. The van der Waals surface area contributed by atoms with Gasteiger partial charge in [0.05, 0.1) is 5.69 Å². The van der Waals surface area contributed by atoms with Crippen LogP contribution < -0.4 is 5.73 Å². The van der Waals surface area contributed by atoms with Crippen LogP contribution in [0.15, 0.2) is 18.2 Å². The number of halogens is 1. The van der Waals surface area contributed by atoms with Gasteiger partial charge in [-0.2, -0.15) is 0 Å². The molecule has 0 bridgehead atoms. The van der Waals surface area contributed by atoms with Crippen molar-refractivity contribution >= 4 is 11.6 Å². The summed E-state index contributed by atoms with van der Waals surface area (Å²) in [4.78, 5) is 4.39. The molecule has 4 heteroatoms. The van der Waals surface area contributed by atoms with Gasteiger partial charge in [0.15, 0.2) is 5.15 Å². The molecular weight excluding hydrogens is 246 g/mol. The molecule has 0 fully saturated rings. The minimum absolute atomic E-state index is 0.549. The largest absolute Gasteiger partial charge is 0.330 e. The van der Waals surface area contributed by atoms with Crippen LogP contribution in [0.25, 0.3) is 11.3 Å². The lowest BCUT2D eigenvalue weighted by Gasteiger charge is -2.09. The molecule has 0 amide bonds. The fourth-order valence-corrected chi connectivity index (χ4v) is 2.56. The van der Waals surface area contributed by atoms with Gasteiger partial charge in [-0.15, -0.1) is 0 Å². The van der Waals surface area contributed by atoms with Gasteiger partial charge in [0.1, 0.15) is 5.82 Å². The molecule has 18 heavy (non-hydrogen) atoms. The van der Waals surface area contributed by atoms with Crippen LogP contribution in [-0.2, 0) is 13.5 Å². The first-order chi connectivity index (χ1) is 8.54. The molecule has 0 unspecified atom stereocenters. The summed E-state index contributed by atoms with van der Waals surface area (Å²) in [5.41, 5.74) is 10.1. The average Bonchev–Trinajstić information content (AvgIpc) is 2.56. The van der Waals surface area contributed by atoms with E-state index in [1.54, 1.807) is 0 Å². The smallest absolute Gasteiger partial charge is 0.155 e. The highest BCUT2D eigenvalue weighted by atomic mass is 35.5. The van der Waals surface area contributed by atoms with E-state index < -0.39 is 0 Å². The summed E-state index contributed by atoms with van der Waals surface area (Å²) in [5, 5.41) is 0.549. The highest BCUT2D eigenvalue weighted by Gasteiger charge is 2.15. The van der Waals surface area contributed by atoms with Crippen molar-refractivity contribution in [3.63, 3.8) is 0 Å². The predicted molar refractivity (Wildman–Crippen MR) is 75.9 cm³/mol. The molecule has 1 heterocycles. The van der Waals surface area contributed by atoms with Gasteiger partial charge in [0.25, 0.3) is 0 Å². The minimum Gasteiger partial charge on any atom is -0.330 e. The summed E-state index contributed by atoms with van der Waals surface area (Å²) in [6.07, 6.45) is 0.737. The monoisotopic (exact) mass is 263 g/mol. The predicted octanol–water partition coefficient (Wildman–Crippen LogP) is 2.86. The Morgan fingerprint density at radius 3 is 2.67 bits per heavy atom. The summed E-state index contributed by atoms with van der Waals surface area (Å²) in [5.74, 6) is 0.928. The van der Waals surface area contributed by atoms with Crippen molar-refractivity contribution in [2.45, 2.75) is 20.3 Å². The molecule has 2 aromatic rings. The Kier molecular flexibility index (Phi) is 3.73. The molecule has 0 saturated heterocycles. The highest BCUT2D eigenvalue weighted by molar-refractivity contribution is 6.32. The van der Waals surface area contributed by atoms with Gasteiger partial charge >= 0.3 is 0 Å². The first kappa shape index (κ1) is 13.1. The second-order valence-electron chi connectivity index (χ2n) is 4.58. The number of imidazole rings is 1. The molecule has 3 nitrogen and oxygen atoms in total. The maximum absolute atomic E-state index is 6.26. The second-order valence-corrected chi connectivity index (χ2v) is 4.94. The van der Waals surface area contributed by atoms with Crippen LogP contribution in [0.5, 0.6) is 0 Å². The van der Waals surface area contributed by atoms with Crippen molar-refractivity contribution in [2.24, 2.45) is 12.8 Å². The van der Waals surface area contributed by atoms with Crippen LogP contribution in [0, 0.1) is 13.8 Å². The number of nitrogens with zero attached hydrogens (tertiary/aromatic N) is 2. The van der Waals surface area contributed by atoms with E-state index in [0.29, 0.717) is 11.7 Å². The molecule has 96 valence electrons. The van der Waals surface area contributed by atoms with Crippen LogP contribution in [0.1, 0.15) is 17.0 Å². The van der Waals surface area contributed by atoms with Crippen LogP contribution in [-0.4, -0.2) is 16.1 Å². The Hall–Kier alpha value is -1.32. The summed E-state index contributed by atoms with van der Waals surface area (Å²) < 4.78 is 2.03. The number of benzene rings is 1. The molecule has 0 atom stereocenters. The third kappa shape index (κ3) is 2.28. The number of hydrogen-bond acceptors (Lipinski definition) is 2. The standard InChI is InChI=1S/C14H18ClN3/c1-9-4-5-11(10(2)8-9)13-14(15)17-12(6-7-16)18(13)3/h4-5,8H,6-7,16H2,1-3H3. The summed E-state index contributed by atoms with van der Waals surface area (Å²) in [7, 11) is 1.98. The summed E-state index contributed by atoms with van der Waals surface area (Å²) in [6, 6.07) is 6.34. The normalized spacial score (nSPS) is 10.9. The second kappa shape index (κ2) is 5.12. The zero-order chi connectivity index (χ0) is 13.3. The topological polar surface area (TPSA) is 43.8 Å². The van der Waals surface area contributed by atoms with Crippen molar-refractivity contribution in [2.75, 3.05) is 6.54 Å². The van der Waals surface area contributed by atoms with E-state index in [4.69, 9.17) is 17.3 Å². The molecule has 1 aromatic heterocycles. The van der Waals surface area contributed by atoms with E-state index in [-0.39, 0.29) is 0 Å². The minimum atomic E-state index is 0.549. The van der Waals surface area contributed by atoms with Crippen LogP contribution in [0.3, 0.4) is 0 Å². The van der Waals surface area contributed by atoms with Gasteiger partial charge in [-0.3, -0.25) is 0 Å². The van der Waals surface area contributed by atoms with Gasteiger partial charge < -0.3 is 10.3 Å². The van der Waals surface area contributed by atoms with E-state index in [1.165, 1.54) is 11.1 Å². The quantitative estimate of drug-likeness (QED) is 0.925. The van der Waals surface area contributed by atoms with Gasteiger partial charge in [0.2, 0.25) is 0 Å². The number of nitrogens with two attached hydrogens (primary N) is 1. The van der Waals surface area contributed by atoms with Gasteiger partial charge in [-0.1, -0.05) is 35.4 Å². The Balaban J connectivity index is 2.56. The molecule has 0 aliphatic carbocycles. The van der Waals surface area contributed by atoms with E-state index >= 15 is 0 Å². The average molecular weight is 264 g/mol. The van der Waals surface area contributed by atoms with Crippen LogP contribution in [0.2, 0.25) is 5.15 Å². The lowest BCUT2D eigenvalue weighted by molar-refractivity contribution is 0.782. The molecule has 0 aliphatic heterocycles. The molecule has 0 aliphatic rings. The van der Waals surface area contributed by atoms with Crippen molar-refractivity contribution in [3.05, 3.63) is 40.3 Å². The number of aromatic nitrogens is 2. The van der Waals surface area contributed by atoms with Gasteiger partial charge in [-0.05, 0) is 26.0 Å². The number of aryl methyl sites for hydroxylation is 2. The van der Waals surface area contributed by atoms with Gasteiger partial charge in [-0.25, -0.2) is 4.98 Å². The van der Waals surface area contributed by atoms with E-state index in [9.17, 15) is 0 Å². The van der Waals surface area contributed by atoms with Crippen molar-refractivity contribution < 1.29 is 0 Å². The van der Waals surface area contributed by atoms with Crippen molar-refractivity contribution in [1.29, 1.82) is 0 Å². The third-order valence-corrected chi connectivity index (χ3v) is 3.41. The Labute approximate surface area is 113 Å². The van der Waals surface area contributed by atoms with E-state index in [1.807, 2.05) is 11.6 Å². The maximum Gasteiger partial charge on any atom is 0.155 e. The highest BCUT2D eigenvalue weighted by Crippen LogP contribution is 2.31. The first-order valence-corrected chi connectivity index (χ1v) is 6.41. The molecular formula is C14H18ClN3. The molecule has 2 N–H and O–H groups in total. The SMILES string of the molecule is Cc1ccc(-c2c(Cl)nc(CCN)n2C)c(C)c1. The zero-order valence-electron chi connectivity index (χ0n) is 11.0. The summed E-state index contributed by atoms with van der Waals surface area (Å²) >= 11 is 6.26. The Morgan fingerprint density at radius 1 is 1.33 bits per heavy atom. The fourth-order valence-electron chi connectivity index (χ4n) is 2.23. The zero-order valence-corrected chi connectivity index (χ0v) is 11.8. The Morgan fingerprint density at radius 2 is 2.06 bits per heavy atom. The molecule has 0 spiro atoms. The third-order valence-electron chi connectivity index (χ3n) is 3.15. The van der Waals surface area contributed by atoms with E-state index in [0.717, 1.165) is 23.5 Å². The lowest BCUT2D eigenvalue weighted by Crippen LogP contribution is -2.08. The summed E-state index contributed by atoms with van der Waals surface area (Å²) in [6.45, 7) is 4.75. The van der Waals surface area contributed by atoms with Gasteiger partial charge in [0, 0.05) is 19.0 Å². The molecule has 1 aromatic carbocycles. The van der Waals surface area contributed by atoms with Crippen molar-refractivity contribution in [3.8, 4) is 11.3 Å². The molecule has 2 rings (SSSR count). The number of hydrogen-bond donors (Lipinski definition) is 1. The number of rotatable bonds is 3. The van der Waals surface area contributed by atoms with E-state index in [2.05, 4.69) is 37.0 Å². The van der Waals surface area contributed by atoms with Crippen LogP contribution >= 0.6 is 11.6 Å². The van der Waals surface area contributed by atoms with Crippen LogP contribution in [0.4, 0.5) is 0 Å². The maximum atomic E-state index is 6.26. The lowest BCUT2D eigenvalue weighted by atomic mass is 10.0. The Bertz CT molecular complexity index is 573. The van der Waals surface area contributed by atoms with Crippen molar-refractivity contribution in [1.82, 2.24) is 9.55 Å². The first-order valence-electron chi connectivity index (χ1n) is 6.03. The molecule has 0 saturated carbocycles. The molecule has 0 radical (unpaired) electrons.